The largest absolute Gasteiger partial charge is 0.330 e. The minimum absolute atomic E-state index is 0.479. The molecule has 0 atom stereocenters. The van der Waals surface area contributed by atoms with Crippen LogP contribution < -0.4 is 5.73 Å². The lowest BCUT2D eigenvalue weighted by Gasteiger charge is -2.28. The lowest BCUT2D eigenvalue weighted by molar-refractivity contribution is 0.253. The van der Waals surface area contributed by atoms with Crippen LogP contribution >= 0.6 is 34.5 Å². The maximum Gasteiger partial charge on any atom is 0.0976 e. The first-order chi connectivity index (χ1) is 8.15. The summed E-state index contributed by atoms with van der Waals surface area (Å²) in [5, 5.41) is 0. The summed E-state index contributed by atoms with van der Waals surface area (Å²) in [4.78, 5) is 0. The fourth-order valence-corrected chi connectivity index (χ4v) is 4.55. The highest BCUT2D eigenvalue weighted by Crippen LogP contribution is 2.45. The quantitative estimate of drug-likeness (QED) is 0.821. The normalized spacial score (nSPS) is 18.8. The van der Waals surface area contributed by atoms with Crippen molar-refractivity contribution in [3.8, 4) is 0 Å². The fraction of sp³-hybridized carbons (Fsp3) is 0.692. The SMILES string of the molecule is NCCC1(CCc2cc(Cl)sc2Cl)CCCC1. The van der Waals surface area contributed by atoms with Gasteiger partial charge in [0.1, 0.15) is 0 Å². The summed E-state index contributed by atoms with van der Waals surface area (Å²) in [7, 11) is 0. The van der Waals surface area contributed by atoms with E-state index in [4.69, 9.17) is 28.9 Å². The predicted octanol–water partition coefficient (Wildman–Crippen LogP) is 4.90. The number of hydrogen-bond donors (Lipinski definition) is 1. The standard InChI is InChI=1S/C13H19Cl2NS/c14-11-9-10(12(15)17-11)3-6-13(7-8-16)4-1-2-5-13/h9H,1-8,16H2. The van der Waals surface area contributed by atoms with Crippen molar-refractivity contribution in [3.05, 3.63) is 20.3 Å². The van der Waals surface area contributed by atoms with E-state index in [-0.39, 0.29) is 0 Å². The average molecular weight is 292 g/mol. The molecule has 0 radical (unpaired) electrons. The van der Waals surface area contributed by atoms with E-state index in [2.05, 4.69) is 0 Å². The second-order valence-corrected chi connectivity index (χ2v) is 7.38. The monoisotopic (exact) mass is 291 g/mol. The molecule has 0 spiro atoms. The van der Waals surface area contributed by atoms with E-state index in [1.807, 2.05) is 6.07 Å². The molecule has 1 saturated carbocycles. The molecule has 0 unspecified atom stereocenters. The van der Waals surface area contributed by atoms with Crippen LogP contribution in [-0.4, -0.2) is 6.54 Å². The maximum absolute atomic E-state index is 6.16. The molecule has 17 heavy (non-hydrogen) atoms. The van der Waals surface area contributed by atoms with Gasteiger partial charge in [0.25, 0.3) is 0 Å². The Balaban J connectivity index is 1.98. The molecule has 1 aliphatic carbocycles. The number of nitrogens with two attached hydrogens (primary N) is 1. The van der Waals surface area contributed by atoms with Crippen molar-refractivity contribution in [2.24, 2.45) is 11.1 Å². The molecule has 1 nitrogen and oxygen atoms in total. The smallest absolute Gasteiger partial charge is 0.0976 e. The molecule has 1 aliphatic rings. The number of thiophene rings is 1. The van der Waals surface area contributed by atoms with E-state index in [0.29, 0.717) is 5.41 Å². The summed E-state index contributed by atoms with van der Waals surface area (Å²) in [6.45, 7) is 0.804. The van der Waals surface area contributed by atoms with Gasteiger partial charge in [-0.15, -0.1) is 11.3 Å². The Kier molecular flexibility index (Phi) is 4.76. The van der Waals surface area contributed by atoms with Crippen molar-refractivity contribution in [3.63, 3.8) is 0 Å². The maximum atomic E-state index is 6.16. The third kappa shape index (κ3) is 3.37. The van der Waals surface area contributed by atoms with Gasteiger partial charge in [0.15, 0.2) is 0 Å². The van der Waals surface area contributed by atoms with Gasteiger partial charge in [-0.1, -0.05) is 36.0 Å². The number of rotatable bonds is 5. The van der Waals surface area contributed by atoms with Gasteiger partial charge in [-0.05, 0) is 55.7 Å². The van der Waals surface area contributed by atoms with Gasteiger partial charge in [0.05, 0.1) is 8.67 Å². The Hall–Kier alpha value is 0.240. The Morgan fingerprint density at radius 3 is 2.47 bits per heavy atom. The molecule has 4 heteroatoms. The molecule has 2 N–H and O–H groups in total. The first kappa shape index (κ1) is 13.7. The van der Waals surface area contributed by atoms with Crippen molar-refractivity contribution in [2.45, 2.75) is 44.9 Å². The molecule has 0 amide bonds. The highest BCUT2D eigenvalue weighted by Gasteiger charge is 2.32. The van der Waals surface area contributed by atoms with Gasteiger partial charge in [-0.2, -0.15) is 0 Å². The molecule has 0 aromatic carbocycles. The summed E-state index contributed by atoms with van der Waals surface area (Å²) < 4.78 is 1.65. The van der Waals surface area contributed by atoms with Crippen LogP contribution in [0.3, 0.4) is 0 Å². The number of aryl methyl sites for hydroxylation is 1. The Bertz CT molecular complexity index is 369. The second-order valence-electron chi connectivity index (χ2n) is 5.10. The zero-order valence-corrected chi connectivity index (χ0v) is 12.3. The average Bonchev–Trinajstić information content (AvgIpc) is 2.84. The highest BCUT2D eigenvalue weighted by molar-refractivity contribution is 7.20. The summed E-state index contributed by atoms with van der Waals surface area (Å²) in [5.41, 5.74) is 7.44. The van der Waals surface area contributed by atoms with E-state index in [1.54, 1.807) is 0 Å². The van der Waals surface area contributed by atoms with Crippen LogP contribution in [0.25, 0.3) is 0 Å². The van der Waals surface area contributed by atoms with Crippen LogP contribution in [0.1, 0.15) is 44.1 Å². The Morgan fingerprint density at radius 1 is 1.24 bits per heavy atom. The van der Waals surface area contributed by atoms with Crippen LogP contribution in [0.2, 0.25) is 8.67 Å². The van der Waals surface area contributed by atoms with Crippen molar-refractivity contribution in [2.75, 3.05) is 6.54 Å². The van der Waals surface area contributed by atoms with Crippen molar-refractivity contribution < 1.29 is 0 Å². The van der Waals surface area contributed by atoms with Crippen molar-refractivity contribution in [1.29, 1.82) is 0 Å². The zero-order chi connectivity index (χ0) is 12.3. The summed E-state index contributed by atoms with van der Waals surface area (Å²) in [5.74, 6) is 0. The fourth-order valence-electron chi connectivity index (χ4n) is 3.00. The number of halogens is 2. The highest BCUT2D eigenvalue weighted by atomic mass is 35.5. The first-order valence-electron chi connectivity index (χ1n) is 6.29. The molecule has 0 saturated heterocycles. The minimum atomic E-state index is 0.479. The van der Waals surface area contributed by atoms with Gasteiger partial charge >= 0.3 is 0 Å². The Labute approximate surface area is 117 Å². The molecular weight excluding hydrogens is 273 g/mol. The van der Waals surface area contributed by atoms with E-state index in [9.17, 15) is 0 Å². The summed E-state index contributed by atoms with van der Waals surface area (Å²) >= 11 is 13.6. The Morgan fingerprint density at radius 2 is 1.94 bits per heavy atom. The molecule has 1 aromatic heterocycles. The lowest BCUT2D eigenvalue weighted by atomic mass is 9.78. The van der Waals surface area contributed by atoms with E-state index >= 15 is 0 Å². The van der Waals surface area contributed by atoms with Crippen LogP contribution in [-0.2, 0) is 6.42 Å². The summed E-state index contributed by atoms with van der Waals surface area (Å²) in [6.07, 6.45) is 8.79. The van der Waals surface area contributed by atoms with Gasteiger partial charge in [0.2, 0.25) is 0 Å². The van der Waals surface area contributed by atoms with Crippen molar-refractivity contribution in [1.82, 2.24) is 0 Å². The third-order valence-electron chi connectivity index (χ3n) is 3.99. The van der Waals surface area contributed by atoms with E-state index < -0.39 is 0 Å². The first-order valence-corrected chi connectivity index (χ1v) is 7.86. The van der Waals surface area contributed by atoms with Crippen LogP contribution in [0.5, 0.6) is 0 Å². The van der Waals surface area contributed by atoms with Gasteiger partial charge < -0.3 is 5.73 Å². The summed E-state index contributed by atoms with van der Waals surface area (Å²) in [6, 6.07) is 2.01. The van der Waals surface area contributed by atoms with Crippen molar-refractivity contribution >= 4 is 34.5 Å². The molecule has 1 heterocycles. The molecule has 1 fully saturated rings. The molecular formula is C13H19Cl2NS. The van der Waals surface area contributed by atoms with E-state index in [0.717, 1.165) is 28.1 Å². The van der Waals surface area contributed by atoms with Crippen LogP contribution in [0.4, 0.5) is 0 Å². The predicted molar refractivity (Wildman–Crippen MR) is 77.2 cm³/mol. The van der Waals surface area contributed by atoms with Gasteiger partial charge in [-0.3, -0.25) is 0 Å². The topological polar surface area (TPSA) is 26.0 Å². The van der Waals surface area contributed by atoms with Gasteiger partial charge in [0, 0.05) is 0 Å². The zero-order valence-electron chi connectivity index (χ0n) is 9.98. The molecule has 2 rings (SSSR count). The molecule has 1 aromatic rings. The molecule has 0 bridgehead atoms. The molecule has 0 aliphatic heterocycles. The number of hydrogen-bond acceptors (Lipinski definition) is 2. The molecule has 96 valence electrons. The van der Waals surface area contributed by atoms with Gasteiger partial charge in [-0.25, -0.2) is 0 Å². The van der Waals surface area contributed by atoms with Crippen LogP contribution in [0, 0.1) is 5.41 Å². The third-order valence-corrected chi connectivity index (χ3v) is 5.56. The van der Waals surface area contributed by atoms with E-state index in [1.165, 1.54) is 49.0 Å². The van der Waals surface area contributed by atoms with Crippen LogP contribution in [0.15, 0.2) is 6.07 Å². The lowest BCUT2D eigenvalue weighted by Crippen LogP contribution is -2.21. The second kappa shape index (κ2) is 5.92. The minimum Gasteiger partial charge on any atom is -0.330 e.